The van der Waals surface area contributed by atoms with Crippen LogP contribution in [-0.2, 0) is 25.8 Å². The van der Waals surface area contributed by atoms with Crippen molar-refractivity contribution in [3.05, 3.63) is 87.1 Å². The maximum absolute atomic E-state index is 12.7. The summed E-state index contributed by atoms with van der Waals surface area (Å²) >= 11 is 0. The van der Waals surface area contributed by atoms with E-state index >= 15 is 0 Å². The first-order valence-electron chi connectivity index (χ1n) is 10.4. The Kier molecular flexibility index (Phi) is 6.02. The molecule has 2 amide bonds. The molecule has 0 radical (unpaired) electrons. The molecule has 0 aliphatic carbocycles. The van der Waals surface area contributed by atoms with Gasteiger partial charge >= 0.3 is 6.03 Å². The molecule has 0 atom stereocenters. The fraction of sp³-hybridized carbons (Fsp3) is 0.292. The summed E-state index contributed by atoms with van der Waals surface area (Å²) in [5.74, 6) is 1.36. The van der Waals surface area contributed by atoms with Crippen molar-refractivity contribution in [3.63, 3.8) is 0 Å². The van der Waals surface area contributed by atoms with E-state index in [1.165, 1.54) is 5.56 Å². The van der Waals surface area contributed by atoms with E-state index in [2.05, 4.69) is 22.2 Å². The third-order valence-corrected chi connectivity index (χ3v) is 5.57. The van der Waals surface area contributed by atoms with Crippen molar-refractivity contribution in [2.45, 2.75) is 32.7 Å². The van der Waals surface area contributed by atoms with Gasteiger partial charge < -0.3 is 19.9 Å². The second-order valence-electron chi connectivity index (χ2n) is 7.58. The van der Waals surface area contributed by atoms with Gasteiger partial charge in [-0.05, 0) is 30.2 Å². The molecule has 0 bridgehead atoms. The zero-order chi connectivity index (χ0) is 21.8. The number of anilines is 1. The Bertz CT molecular complexity index is 1140. The number of urea groups is 1. The summed E-state index contributed by atoms with van der Waals surface area (Å²) in [5.41, 5.74) is 4.02. The minimum absolute atomic E-state index is 0.195. The second-order valence-corrected chi connectivity index (χ2v) is 7.58. The number of aryl methyl sites for hydroxylation is 1. The van der Waals surface area contributed by atoms with E-state index < -0.39 is 0 Å². The number of nitrogens with zero attached hydrogens (tertiary/aromatic N) is 2. The minimum Gasteiger partial charge on any atom is -0.496 e. The molecular weight excluding hydrogens is 392 g/mol. The molecule has 0 saturated heterocycles. The van der Waals surface area contributed by atoms with Crippen molar-refractivity contribution >= 4 is 11.7 Å². The van der Waals surface area contributed by atoms with Gasteiger partial charge in [-0.1, -0.05) is 37.3 Å². The van der Waals surface area contributed by atoms with Gasteiger partial charge in [0.25, 0.3) is 5.56 Å². The molecular formula is C24H26N4O3. The van der Waals surface area contributed by atoms with E-state index in [4.69, 9.17) is 4.74 Å². The van der Waals surface area contributed by atoms with Crippen LogP contribution in [0.5, 0.6) is 5.75 Å². The highest BCUT2D eigenvalue weighted by Crippen LogP contribution is 2.21. The van der Waals surface area contributed by atoms with Gasteiger partial charge in [0.05, 0.1) is 24.9 Å². The number of fused-ring (bicyclic) bond motifs is 1. The largest absolute Gasteiger partial charge is 0.496 e. The number of methoxy groups -OCH3 is 1. The van der Waals surface area contributed by atoms with Crippen LogP contribution in [0.25, 0.3) is 0 Å². The lowest BCUT2D eigenvalue weighted by molar-refractivity contribution is 0.205. The molecule has 1 aliphatic heterocycles. The molecule has 160 valence electrons. The highest BCUT2D eigenvalue weighted by Gasteiger charge is 2.24. The molecule has 0 unspecified atom stereocenters. The number of rotatable bonds is 5. The molecule has 2 aromatic carbocycles. The van der Waals surface area contributed by atoms with Crippen molar-refractivity contribution in [2.75, 3.05) is 19.0 Å². The number of hydrogen-bond donors (Lipinski definition) is 2. The Hall–Kier alpha value is -3.61. The number of amides is 2. The standard InChI is InChI=1S/C24H26N4O3/c1-3-16-8-10-18(11-9-16)25-24(30)28-13-12-20-19(15-28)23(29)27-22(26-20)14-17-6-4-5-7-21(17)31-2/h4-11H,3,12-15H2,1-2H3,(H,25,30)(H,26,27,29). The topological polar surface area (TPSA) is 87.3 Å². The Morgan fingerprint density at radius 2 is 1.97 bits per heavy atom. The minimum atomic E-state index is -0.215. The summed E-state index contributed by atoms with van der Waals surface area (Å²) in [6, 6.07) is 15.3. The normalized spacial score (nSPS) is 12.9. The average molecular weight is 418 g/mol. The van der Waals surface area contributed by atoms with Crippen LogP contribution < -0.4 is 15.6 Å². The van der Waals surface area contributed by atoms with E-state index in [1.54, 1.807) is 12.0 Å². The zero-order valence-corrected chi connectivity index (χ0v) is 17.8. The summed E-state index contributed by atoms with van der Waals surface area (Å²) in [6.07, 6.45) is 1.97. The van der Waals surface area contributed by atoms with Gasteiger partial charge in [-0.15, -0.1) is 0 Å². The van der Waals surface area contributed by atoms with Crippen LogP contribution in [0.3, 0.4) is 0 Å². The van der Waals surface area contributed by atoms with Crippen LogP contribution in [-0.4, -0.2) is 34.6 Å². The molecule has 3 aromatic rings. The Labute approximate surface area is 181 Å². The van der Waals surface area contributed by atoms with Crippen molar-refractivity contribution in [2.24, 2.45) is 0 Å². The molecule has 7 nitrogen and oxygen atoms in total. The molecule has 0 spiro atoms. The summed E-state index contributed by atoms with van der Waals surface area (Å²) in [5, 5.41) is 2.91. The number of ether oxygens (including phenoxy) is 1. The number of aromatic nitrogens is 2. The molecule has 1 aromatic heterocycles. The molecule has 2 heterocycles. The van der Waals surface area contributed by atoms with Gasteiger partial charge in [0, 0.05) is 30.6 Å². The van der Waals surface area contributed by atoms with Gasteiger partial charge in [-0.3, -0.25) is 4.79 Å². The SMILES string of the molecule is CCc1ccc(NC(=O)N2CCc3nc(Cc4ccccc4OC)[nH]c(=O)c3C2)cc1. The second kappa shape index (κ2) is 9.04. The number of H-pyrrole nitrogens is 1. The van der Waals surface area contributed by atoms with Crippen molar-refractivity contribution in [3.8, 4) is 5.75 Å². The predicted molar refractivity (Wildman–Crippen MR) is 120 cm³/mol. The summed E-state index contributed by atoms with van der Waals surface area (Å²) in [7, 11) is 1.62. The van der Waals surface area contributed by atoms with Crippen molar-refractivity contribution < 1.29 is 9.53 Å². The van der Waals surface area contributed by atoms with E-state index in [0.717, 1.165) is 29.1 Å². The summed E-state index contributed by atoms with van der Waals surface area (Å²) in [6.45, 7) is 2.84. The van der Waals surface area contributed by atoms with Gasteiger partial charge in [-0.25, -0.2) is 9.78 Å². The van der Waals surface area contributed by atoms with Crippen LogP contribution in [0.2, 0.25) is 0 Å². The summed E-state index contributed by atoms with van der Waals surface area (Å²) < 4.78 is 5.39. The van der Waals surface area contributed by atoms with Crippen LogP contribution >= 0.6 is 0 Å². The molecule has 1 aliphatic rings. The third-order valence-electron chi connectivity index (χ3n) is 5.57. The number of para-hydroxylation sites is 1. The van der Waals surface area contributed by atoms with Gasteiger partial charge in [0.15, 0.2) is 0 Å². The van der Waals surface area contributed by atoms with E-state index in [-0.39, 0.29) is 18.1 Å². The number of benzene rings is 2. The predicted octanol–water partition coefficient (Wildman–Crippen LogP) is 3.52. The average Bonchev–Trinajstić information content (AvgIpc) is 2.79. The Morgan fingerprint density at radius 3 is 2.71 bits per heavy atom. The Balaban J connectivity index is 1.48. The number of nitrogens with one attached hydrogen (secondary N) is 2. The first kappa shape index (κ1) is 20.7. The molecule has 7 heteroatoms. The number of carbonyl (C=O) groups excluding carboxylic acids is 1. The van der Waals surface area contributed by atoms with Gasteiger partial charge in [0.2, 0.25) is 0 Å². The fourth-order valence-electron chi connectivity index (χ4n) is 3.79. The maximum atomic E-state index is 12.7. The lowest BCUT2D eigenvalue weighted by atomic mass is 10.1. The van der Waals surface area contributed by atoms with E-state index in [1.807, 2.05) is 48.5 Å². The lowest BCUT2D eigenvalue weighted by Gasteiger charge is -2.28. The van der Waals surface area contributed by atoms with Crippen molar-refractivity contribution in [1.82, 2.24) is 14.9 Å². The fourth-order valence-corrected chi connectivity index (χ4v) is 3.79. The van der Waals surface area contributed by atoms with Crippen molar-refractivity contribution in [1.29, 1.82) is 0 Å². The molecule has 31 heavy (non-hydrogen) atoms. The summed E-state index contributed by atoms with van der Waals surface area (Å²) in [4.78, 5) is 34.6. The monoisotopic (exact) mass is 418 g/mol. The van der Waals surface area contributed by atoms with E-state index in [9.17, 15) is 9.59 Å². The lowest BCUT2D eigenvalue weighted by Crippen LogP contribution is -2.42. The molecule has 4 rings (SSSR count). The molecule has 2 N–H and O–H groups in total. The van der Waals surface area contributed by atoms with Crippen LogP contribution in [0.4, 0.5) is 10.5 Å². The molecule has 0 saturated carbocycles. The van der Waals surface area contributed by atoms with Gasteiger partial charge in [0.1, 0.15) is 11.6 Å². The van der Waals surface area contributed by atoms with Crippen LogP contribution in [0, 0.1) is 0 Å². The van der Waals surface area contributed by atoms with Crippen LogP contribution in [0.1, 0.15) is 35.1 Å². The first-order valence-corrected chi connectivity index (χ1v) is 10.4. The number of hydrogen-bond acceptors (Lipinski definition) is 4. The van der Waals surface area contributed by atoms with Crippen LogP contribution in [0.15, 0.2) is 53.3 Å². The number of carbonyl (C=O) groups is 1. The zero-order valence-electron chi connectivity index (χ0n) is 17.8. The molecule has 0 fully saturated rings. The van der Waals surface area contributed by atoms with Gasteiger partial charge in [-0.2, -0.15) is 0 Å². The smallest absolute Gasteiger partial charge is 0.322 e. The number of aromatic amines is 1. The first-order chi connectivity index (χ1) is 15.1. The third kappa shape index (κ3) is 4.60. The highest BCUT2D eigenvalue weighted by atomic mass is 16.5. The quantitative estimate of drug-likeness (QED) is 0.664. The highest BCUT2D eigenvalue weighted by molar-refractivity contribution is 5.89. The maximum Gasteiger partial charge on any atom is 0.322 e. The Morgan fingerprint density at radius 1 is 1.19 bits per heavy atom. The van der Waals surface area contributed by atoms with E-state index in [0.29, 0.717) is 30.8 Å².